The van der Waals surface area contributed by atoms with Gasteiger partial charge in [0.25, 0.3) is 0 Å². The lowest BCUT2D eigenvalue weighted by Crippen LogP contribution is -2.30. The number of allylic oxidation sites excluding steroid dienone is 26. The van der Waals surface area contributed by atoms with E-state index in [9.17, 15) is 14.4 Å². The summed E-state index contributed by atoms with van der Waals surface area (Å²) in [6.07, 6.45) is 96.8. The van der Waals surface area contributed by atoms with E-state index >= 15 is 0 Å². The summed E-state index contributed by atoms with van der Waals surface area (Å²) in [5.41, 5.74) is 0. The van der Waals surface area contributed by atoms with Gasteiger partial charge in [0.15, 0.2) is 6.10 Å². The lowest BCUT2D eigenvalue weighted by Gasteiger charge is -2.18. The topological polar surface area (TPSA) is 78.9 Å². The molecule has 0 aromatic rings. The molecule has 0 N–H and O–H groups in total. The third kappa shape index (κ3) is 63.9. The highest BCUT2D eigenvalue weighted by molar-refractivity contribution is 5.71. The first-order chi connectivity index (χ1) is 39.5. The molecular formula is C74H118O6. The number of rotatable bonds is 57. The molecule has 1 atom stereocenters. The number of esters is 3. The Morgan fingerprint density at radius 1 is 0.263 bits per heavy atom. The average molecular weight is 1100 g/mol. The normalized spacial score (nSPS) is 13.2. The van der Waals surface area contributed by atoms with Gasteiger partial charge in [-0.3, -0.25) is 14.4 Å². The summed E-state index contributed by atoms with van der Waals surface area (Å²) in [6, 6.07) is 0. The Balaban J connectivity index is 4.36. The van der Waals surface area contributed by atoms with Crippen LogP contribution >= 0.6 is 0 Å². The molecule has 0 spiro atoms. The molecule has 0 aliphatic carbocycles. The third-order valence-electron chi connectivity index (χ3n) is 13.2. The Morgan fingerprint density at radius 3 is 0.787 bits per heavy atom. The van der Waals surface area contributed by atoms with E-state index in [0.717, 1.165) is 173 Å². The fourth-order valence-corrected chi connectivity index (χ4v) is 8.44. The van der Waals surface area contributed by atoms with Gasteiger partial charge in [0.05, 0.1) is 0 Å². The first-order valence-corrected chi connectivity index (χ1v) is 32.5. The Kier molecular flexibility index (Phi) is 62.4. The molecule has 0 aliphatic heterocycles. The van der Waals surface area contributed by atoms with E-state index in [1.807, 2.05) is 0 Å². The summed E-state index contributed by atoms with van der Waals surface area (Å²) in [4.78, 5) is 38.3. The molecule has 0 aromatic carbocycles. The SMILES string of the molecule is CC/C=C\C/C=C\C/C=C\C/C=C\C/C=C\C/C=C\C/C=C\C/C=C\C/C=C\CCCCCCCC(=O)OCC(COC(=O)CCCCC/C=C\C/C=C\C/C=C\CC)OC(=O)CCCCCCC/C=C\CCCCCCCCC. The van der Waals surface area contributed by atoms with Crippen LogP contribution in [0.2, 0.25) is 0 Å². The van der Waals surface area contributed by atoms with Crippen molar-refractivity contribution in [3.63, 3.8) is 0 Å². The van der Waals surface area contributed by atoms with E-state index < -0.39 is 6.10 Å². The van der Waals surface area contributed by atoms with Gasteiger partial charge in [-0.15, -0.1) is 0 Å². The maximum Gasteiger partial charge on any atom is 0.306 e. The predicted octanol–water partition coefficient (Wildman–Crippen LogP) is 22.5. The largest absolute Gasteiger partial charge is 0.462 e. The van der Waals surface area contributed by atoms with Crippen LogP contribution in [0.25, 0.3) is 0 Å². The van der Waals surface area contributed by atoms with Gasteiger partial charge in [0, 0.05) is 19.3 Å². The summed E-state index contributed by atoms with van der Waals surface area (Å²) in [5, 5.41) is 0. The van der Waals surface area contributed by atoms with Crippen molar-refractivity contribution in [2.24, 2.45) is 0 Å². The predicted molar refractivity (Wildman–Crippen MR) is 348 cm³/mol. The van der Waals surface area contributed by atoms with E-state index in [2.05, 4.69) is 179 Å². The van der Waals surface area contributed by atoms with Crippen molar-refractivity contribution in [3.8, 4) is 0 Å². The smallest absolute Gasteiger partial charge is 0.306 e. The van der Waals surface area contributed by atoms with Crippen LogP contribution in [0.5, 0.6) is 0 Å². The second kappa shape index (κ2) is 66.5. The van der Waals surface area contributed by atoms with Gasteiger partial charge in [-0.05, 0) is 148 Å². The molecule has 0 heterocycles. The van der Waals surface area contributed by atoms with Gasteiger partial charge in [0.2, 0.25) is 0 Å². The number of carbonyl (C=O) groups is 3. The second-order valence-electron chi connectivity index (χ2n) is 20.9. The molecule has 450 valence electrons. The summed E-state index contributed by atoms with van der Waals surface area (Å²) in [6.45, 7) is 6.36. The lowest BCUT2D eigenvalue weighted by atomic mass is 10.1. The molecule has 6 heteroatoms. The van der Waals surface area contributed by atoms with Gasteiger partial charge in [0.1, 0.15) is 13.2 Å². The molecular weight excluding hydrogens is 985 g/mol. The van der Waals surface area contributed by atoms with E-state index in [-0.39, 0.29) is 31.1 Å². The summed E-state index contributed by atoms with van der Waals surface area (Å²) >= 11 is 0. The fraction of sp³-hybridized carbons (Fsp3) is 0.608. The zero-order chi connectivity index (χ0) is 57.8. The molecule has 80 heavy (non-hydrogen) atoms. The van der Waals surface area contributed by atoms with E-state index in [1.165, 1.54) is 57.8 Å². The summed E-state index contributed by atoms with van der Waals surface area (Å²) in [5.74, 6) is -0.965. The minimum atomic E-state index is -0.810. The van der Waals surface area contributed by atoms with Crippen LogP contribution in [-0.4, -0.2) is 37.2 Å². The highest BCUT2D eigenvalue weighted by Crippen LogP contribution is 2.14. The van der Waals surface area contributed by atoms with Gasteiger partial charge in [-0.25, -0.2) is 0 Å². The van der Waals surface area contributed by atoms with Crippen LogP contribution < -0.4 is 0 Å². The Bertz CT molecular complexity index is 1790. The zero-order valence-electron chi connectivity index (χ0n) is 51.5. The van der Waals surface area contributed by atoms with Crippen LogP contribution in [0.3, 0.4) is 0 Å². The molecule has 6 nitrogen and oxygen atoms in total. The monoisotopic (exact) mass is 1100 g/mol. The molecule has 0 bridgehead atoms. The maximum atomic E-state index is 12.9. The van der Waals surface area contributed by atoms with Crippen LogP contribution in [0, 0.1) is 0 Å². The minimum Gasteiger partial charge on any atom is -0.462 e. The maximum absolute atomic E-state index is 12.9. The van der Waals surface area contributed by atoms with Gasteiger partial charge in [-0.2, -0.15) is 0 Å². The van der Waals surface area contributed by atoms with Crippen molar-refractivity contribution >= 4 is 17.9 Å². The van der Waals surface area contributed by atoms with Crippen LogP contribution in [0.15, 0.2) is 158 Å². The number of carbonyl (C=O) groups excluding carboxylic acids is 3. The van der Waals surface area contributed by atoms with Crippen LogP contribution in [0.4, 0.5) is 0 Å². The first-order valence-electron chi connectivity index (χ1n) is 32.5. The van der Waals surface area contributed by atoms with Crippen molar-refractivity contribution in [3.05, 3.63) is 158 Å². The van der Waals surface area contributed by atoms with Gasteiger partial charge in [-0.1, -0.05) is 262 Å². The van der Waals surface area contributed by atoms with Crippen molar-refractivity contribution in [1.29, 1.82) is 0 Å². The highest BCUT2D eigenvalue weighted by Gasteiger charge is 2.19. The molecule has 0 saturated carbocycles. The average Bonchev–Trinajstić information content (AvgIpc) is 3.46. The number of ether oxygens (including phenoxy) is 3. The fourth-order valence-electron chi connectivity index (χ4n) is 8.44. The van der Waals surface area contributed by atoms with Crippen molar-refractivity contribution in [2.75, 3.05) is 13.2 Å². The zero-order valence-corrected chi connectivity index (χ0v) is 51.5. The number of hydrogen-bond acceptors (Lipinski definition) is 6. The highest BCUT2D eigenvalue weighted by atomic mass is 16.6. The molecule has 0 fully saturated rings. The molecule has 0 aliphatic rings. The van der Waals surface area contributed by atoms with E-state index in [0.29, 0.717) is 19.3 Å². The molecule has 0 saturated heterocycles. The molecule has 1 unspecified atom stereocenters. The summed E-state index contributed by atoms with van der Waals surface area (Å²) < 4.78 is 16.9. The van der Waals surface area contributed by atoms with Gasteiger partial charge >= 0.3 is 17.9 Å². The second-order valence-corrected chi connectivity index (χ2v) is 20.9. The van der Waals surface area contributed by atoms with Crippen molar-refractivity contribution in [2.45, 2.75) is 277 Å². The van der Waals surface area contributed by atoms with Crippen LogP contribution in [-0.2, 0) is 28.6 Å². The van der Waals surface area contributed by atoms with Crippen molar-refractivity contribution in [1.82, 2.24) is 0 Å². The molecule has 0 amide bonds. The van der Waals surface area contributed by atoms with E-state index in [1.54, 1.807) is 0 Å². The minimum absolute atomic E-state index is 0.107. The number of unbranched alkanes of at least 4 members (excludes halogenated alkanes) is 20. The number of hydrogen-bond donors (Lipinski definition) is 0. The molecule has 0 aromatic heterocycles. The molecule has 0 radical (unpaired) electrons. The van der Waals surface area contributed by atoms with Crippen molar-refractivity contribution < 1.29 is 28.6 Å². The van der Waals surface area contributed by atoms with Gasteiger partial charge < -0.3 is 14.2 Å². The first kappa shape index (κ1) is 75.0. The Hall–Kier alpha value is -4.97. The third-order valence-corrected chi connectivity index (χ3v) is 13.2. The standard InChI is InChI=1S/C74H118O6/c1-4-7-10-13-16-19-22-25-27-29-30-31-32-33-34-35-36-37-38-39-40-41-42-43-44-45-47-49-52-55-58-61-64-67-73(76)79-70-71(69-78-72(75)66-63-60-57-54-51-48-24-21-18-15-12-9-6-3)80-74(77)68-65-62-59-56-53-50-46-28-26-23-20-17-14-11-8-5-2/h7,9-10,12,16,18-19,21,25,27-28,30-31,33-34,36-37,39-40,42-43,45-48,51,71H,4-6,8,11,13-15,17,20,22-24,26,29,32,35,38,41,44,49-50,52-70H2,1-3H3/b10-7-,12-9-,19-16-,21-18-,27-25-,31-30-,34-33-,37-36-,40-39-,43-42-,46-28-,47-45-,51-48-. The molecule has 0 rings (SSSR count). The van der Waals surface area contributed by atoms with Crippen LogP contribution in [0.1, 0.15) is 271 Å². The van der Waals surface area contributed by atoms with E-state index in [4.69, 9.17) is 14.2 Å². The quantitative estimate of drug-likeness (QED) is 0.0261. The lowest BCUT2D eigenvalue weighted by molar-refractivity contribution is -0.167. The Morgan fingerprint density at radius 2 is 0.487 bits per heavy atom. The Labute approximate surface area is 492 Å². The summed E-state index contributed by atoms with van der Waals surface area (Å²) in [7, 11) is 0.